The maximum atomic E-state index is 11.4. The van der Waals surface area contributed by atoms with Crippen LogP contribution in [0.15, 0.2) is 24.3 Å². The predicted octanol–water partition coefficient (Wildman–Crippen LogP) is 2.80. The molecule has 60 valence electrons. The second-order valence-electron chi connectivity index (χ2n) is 2.67. The van der Waals surface area contributed by atoms with Gasteiger partial charge in [0, 0.05) is 0 Å². The third-order valence-electron chi connectivity index (χ3n) is 1.79. The van der Waals surface area contributed by atoms with Crippen molar-refractivity contribution in [2.24, 2.45) is 5.41 Å². The molecule has 0 aromatic rings. The number of alkyl halides is 2. The zero-order valence-corrected chi connectivity index (χ0v) is 9.22. The van der Waals surface area contributed by atoms with Gasteiger partial charge >= 0.3 is 0 Å². The number of ketones is 1. The van der Waals surface area contributed by atoms with E-state index >= 15 is 0 Å². The first-order chi connectivity index (χ1) is 5.07. The van der Waals surface area contributed by atoms with Gasteiger partial charge in [0.25, 0.3) is 0 Å². The van der Waals surface area contributed by atoms with Gasteiger partial charge in [0.1, 0.15) is 0 Å². The molecule has 3 heteroatoms. The molecular formula is C8H8Br2O. The summed E-state index contributed by atoms with van der Waals surface area (Å²) in [5.74, 6) is 0.124. The van der Waals surface area contributed by atoms with E-state index in [-0.39, 0.29) is 9.52 Å². The van der Waals surface area contributed by atoms with Crippen LogP contribution in [-0.2, 0) is 4.79 Å². The molecule has 0 N–H and O–H groups in total. The van der Waals surface area contributed by atoms with E-state index in [4.69, 9.17) is 0 Å². The van der Waals surface area contributed by atoms with Gasteiger partial charge in [-0.1, -0.05) is 50.1 Å². The van der Waals surface area contributed by atoms with Crippen molar-refractivity contribution in [3.63, 3.8) is 0 Å². The smallest absolute Gasteiger partial charge is 0.167 e. The molecule has 1 aliphatic carbocycles. The summed E-state index contributed by atoms with van der Waals surface area (Å²) in [7, 11) is 0. The highest BCUT2D eigenvalue weighted by Crippen LogP contribution is 2.36. The molecule has 0 saturated carbocycles. The number of halogens is 2. The fraction of sp³-hybridized carbons (Fsp3) is 0.375. The predicted molar refractivity (Wildman–Crippen MR) is 53.0 cm³/mol. The Bertz CT molecular complexity index is 230. The molecule has 0 spiro atoms. The van der Waals surface area contributed by atoms with Crippen LogP contribution >= 0.6 is 31.9 Å². The number of hydrogen-bond acceptors (Lipinski definition) is 1. The molecular weight excluding hydrogens is 272 g/mol. The normalized spacial score (nSPS) is 30.0. The molecule has 1 rings (SSSR count). The molecule has 0 saturated heterocycles. The lowest BCUT2D eigenvalue weighted by Crippen LogP contribution is -2.31. The lowest BCUT2D eigenvalue weighted by Gasteiger charge is -2.26. The van der Waals surface area contributed by atoms with E-state index in [0.29, 0.717) is 0 Å². The quantitative estimate of drug-likeness (QED) is 0.675. The number of carbonyl (C=O) groups excluding carboxylic acids is 1. The maximum absolute atomic E-state index is 11.4. The Morgan fingerprint density at radius 2 is 2.09 bits per heavy atom. The van der Waals surface area contributed by atoms with E-state index < -0.39 is 5.41 Å². The van der Waals surface area contributed by atoms with Crippen molar-refractivity contribution in [1.82, 2.24) is 0 Å². The monoisotopic (exact) mass is 278 g/mol. The Labute approximate surface area is 82.8 Å². The lowest BCUT2D eigenvalue weighted by molar-refractivity contribution is -0.120. The van der Waals surface area contributed by atoms with Crippen LogP contribution in [0.2, 0.25) is 0 Å². The van der Waals surface area contributed by atoms with E-state index in [1.54, 1.807) is 12.2 Å². The van der Waals surface area contributed by atoms with Gasteiger partial charge in [-0.15, -0.1) is 0 Å². The Morgan fingerprint density at radius 1 is 1.45 bits per heavy atom. The molecule has 0 aromatic heterocycles. The third-order valence-corrected chi connectivity index (χ3v) is 3.69. The molecule has 1 nitrogen and oxygen atoms in total. The van der Waals surface area contributed by atoms with Gasteiger partial charge in [0.05, 0.1) is 9.15 Å². The van der Waals surface area contributed by atoms with Gasteiger partial charge in [-0.05, 0) is 13.0 Å². The standard InChI is InChI=1S/C8H8Br2O/c1-8(7(9)10)5-3-2-4-6(8)11/h2-5,7H,1H3/t8-/m1/s1. The van der Waals surface area contributed by atoms with E-state index in [0.717, 1.165) is 0 Å². The summed E-state index contributed by atoms with van der Waals surface area (Å²) < 4.78 is -0.00352. The van der Waals surface area contributed by atoms with Crippen molar-refractivity contribution in [2.75, 3.05) is 0 Å². The highest BCUT2D eigenvalue weighted by atomic mass is 79.9. The SMILES string of the molecule is C[C@@]1(C(Br)Br)C=CC=CC1=O. The number of hydrogen-bond donors (Lipinski definition) is 0. The van der Waals surface area contributed by atoms with Crippen molar-refractivity contribution in [1.29, 1.82) is 0 Å². The summed E-state index contributed by atoms with van der Waals surface area (Å²) in [4.78, 5) is 11.4. The maximum Gasteiger partial charge on any atom is 0.167 e. The van der Waals surface area contributed by atoms with Crippen molar-refractivity contribution in [3.05, 3.63) is 24.3 Å². The summed E-state index contributed by atoms with van der Waals surface area (Å²) in [5.41, 5.74) is -0.436. The first-order valence-electron chi connectivity index (χ1n) is 3.26. The first kappa shape index (κ1) is 9.20. The zero-order chi connectivity index (χ0) is 8.48. The van der Waals surface area contributed by atoms with Crippen molar-refractivity contribution < 1.29 is 4.79 Å². The van der Waals surface area contributed by atoms with Gasteiger partial charge in [-0.3, -0.25) is 4.79 Å². The minimum atomic E-state index is -0.436. The van der Waals surface area contributed by atoms with Crippen LogP contribution in [0.5, 0.6) is 0 Å². The van der Waals surface area contributed by atoms with E-state index in [1.807, 2.05) is 19.1 Å². The molecule has 11 heavy (non-hydrogen) atoms. The minimum absolute atomic E-state index is 0.00352. The van der Waals surface area contributed by atoms with Crippen LogP contribution < -0.4 is 0 Å². The topological polar surface area (TPSA) is 17.1 Å². The van der Waals surface area contributed by atoms with E-state index in [1.165, 1.54) is 0 Å². The van der Waals surface area contributed by atoms with Crippen LogP contribution in [-0.4, -0.2) is 9.52 Å². The van der Waals surface area contributed by atoms with Gasteiger partial charge < -0.3 is 0 Å². The number of allylic oxidation sites excluding steroid dienone is 4. The van der Waals surface area contributed by atoms with E-state index in [2.05, 4.69) is 31.9 Å². The third kappa shape index (κ3) is 1.64. The molecule has 0 amide bonds. The zero-order valence-electron chi connectivity index (χ0n) is 6.05. The largest absolute Gasteiger partial charge is 0.294 e. The van der Waals surface area contributed by atoms with Crippen LogP contribution in [0.1, 0.15) is 6.92 Å². The van der Waals surface area contributed by atoms with Crippen molar-refractivity contribution >= 4 is 37.6 Å². The summed E-state index contributed by atoms with van der Waals surface area (Å²) in [6.45, 7) is 1.89. The Morgan fingerprint density at radius 3 is 2.45 bits per heavy atom. The van der Waals surface area contributed by atoms with Gasteiger partial charge in [0.15, 0.2) is 5.78 Å². The summed E-state index contributed by atoms with van der Waals surface area (Å²) in [6, 6.07) is 0. The molecule has 0 radical (unpaired) electrons. The minimum Gasteiger partial charge on any atom is -0.294 e. The first-order valence-corrected chi connectivity index (χ1v) is 5.09. The Hall–Kier alpha value is 0.110. The molecule has 0 bridgehead atoms. The van der Waals surface area contributed by atoms with Crippen LogP contribution in [0.4, 0.5) is 0 Å². The van der Waals surface area contributed by atoms with Crippen molar-refractivity contribution in [3.8, 4) is 0 Å². The number of carbonyl (C=O) groups is 1. The molecule has 0 heterocycles. The fourth-order valence-corrected chi connectivity index (χ4v) is 1.60. The molecule has 0 unspecified atom stereocenters. The Balaban J connectivity index is 2.95. The fourth-order valence-electron chi connectivity index (χ4n) is 0.840. The van der Waals surface area contributed by atoms with Crippen LogP contribution in [0.3, 0.4) is 0 Å². The van der Waals surface area contributed by atoms with E-state index in [9.17, 15) is 4.79 Å². The molecule has 1 atom stereocenters. The van der Waals surface area contributed by atoms with Crippen LogP contribution in [0.25, 0.3) is 0 Å². The van der Waals surface area contributed by atoms with Gasteiger partial charge in [-0.25, -0.2) is 0 Å². The highest BCUT2D eigenvalue weighted by Gasteiger charge is 2.35. The molecule has 0 fully saturated rings. The second kappa shape index (κ2) is 3.23. The summed E-state index contributed by atoms with van der Waals surface area (Å²) in [5, 5.41) is 0. The second-order valence-corrected chi connectivity index (χ2v) is 5.73. The van der Waals surface area contributed by atoms with Crippen LogP contribution in [0, 0.1) is 5.41 Å². The van der Waals surface area contributed by atoms with Gasteiger partial charge in [0.2, 0.25) is 0 Å². The lowest BCUT2D eigenvalue weighted by atomic mass is 9.85. The summed E-state index contributed by atoms with van der Waals surface area (Å²) >= 11 is 6.69. The highest BCUT2D eigenvalue weighted by molar-refractivity contribution is 9.24. The number of rotatable bonds is 1. The molecule has 0 aromatic carbocycles. The Kier molecular flexibility index (Phi) is 2.70. The van der Waals surface area contributed by atoms with Gasteiger partial charge in [-0.2, -0.15) is 0 Å². The van der Waals surface area contributed by atoms with Crippen molar-refractivity contribution in [2.45, 2.75) is 10.7 Å². The average molecular weight is 280 g/mol. The average Bonchev–Trinajstić information content (AvgIpc) is 1.95. The molecule has 1 aliphatic rings. The molecule has 0 aliphatic heterocycles. The summed E-state index contributed by atoms with van der Waals surface area (Å²) in [6.07, 6.45) is 7.13.